The van der Waals surface area contributed by atoms with Crippen molar-refractivity contribution in [1.29, 1.82) is 0 Å². The van der Waals surface area contributed by atoms with Gasteiger partial charge >= 0.3 is 0 Å². The van der Waals surface area contributed by atoms with Crippen molar-refractivity contribution in [2.75, 3.05) is 0 Å². The summed E-state index contributed by atoms with van der Waals surface area (Å²) in [4.78, 5) is 5.23. The van der Waals surface area contributed by atoms with Crippen LogP contribution in [0.4, 0.5) is 0 Å². The minimum absolute atomic E-state index is 0.613. The van der Waals surface area contributed by atoms with Gasteiger partial charge in [0.05, 0.1) is 0 Å². The lowest BCUT2D eigenvalue weighted by molar-refractivity contribution is 0.225. The molecule has 3 heterocycles. The smallest absolute Gasteiger partial charge is 0.115 e. The first kappa shape index (κ1) is 12.0. The van der Waals surface area contributed by atoms with Crippen LogP contribution < -0.4 is 0 Å². The Balaban J connectivity index is 1.87. The van der Waals surface area contributed by atoms with Gasteiger partial charge in [0.1, 0.15) is 6.10 Å². The van der Waals surface area contributed by atoms with Gasteiger partial charge in [-0.25, -0.2) is 0 Å². The number of hydrogen-bond donors (Lipinski definition) is 1. The van der Waals surface area contributed by atoms with Gasteiger partial charge in [-0.3, -0.25) is 4.98 Å². The fourth-order valence-electron chi connectivity index (χ4n) is 2.43. The fourth-order valence-corrected chi connectivity index (χ4v) is 4.56. The summed E-state index contributed by atoms with van der Waals surface area (Å²) in [5, 5.41) is 14.9. The van der Waals surface area contributed by atoms with Crippen molar-refractivity contribution in [3.8, 4) is 0 Å². The number of benzene rings is 1. The maximum Gasteiger partial charge on any atom is 0.115 e. The molecule has 1 aromatic carbocycles. The molecule has 1 atom stereocenters. The minimum Gasteiger partial charge on any atom is -0.383 e. The van der Waals surface area contributed by atoms with Crippen molar-refractivity contribution in [2.24, 2.45) is 0 Å². The Hall–Kier alpha value is -1.75. The summed E-state index contributed by atoms with van der Waals surface area (Å²) in [6.07, 6.45) is 2.98. The van der Waals surface area contributed by atoms with E-state index in [4.69, 9.17) is 0 Å². The van der Waals surface area contributed by atoms with Crippen LogP contribution in [0.25, 0.3) is 20.2 Å². The van der Waals surface area contributed by atoms with Crippen molar-refractivity contribution in [3.63, 3.8) is 0 Å². The third-order valence-corrected chi connectivity index (χ3v) is 5.57. The highest BCUT2D eigenvalue weighted by Crippen LogP contribution is 2.37. The highest BCUT2D eigenvalue weighted by Gasteiger charge is 2.17. The number of pyridine rings is 1. The third kappa shape index (κ3) is 1.85. The van der Waals surface area contributed by atoms with E-state index in [0.717, 1.165) is 21.2 Å². The Morgan fingerprint density at radius 2 is 1.95 bits per heavy atom. The lowest BCUT2D eigenvalue weighted by atomic mass is 10.0. The molecule has 0 spiro atoms. The summed E-state index contributed by atoms with van der Waals surface area (Å²) in [6.45, 7) is 0. The first-order valence-corrected chi connectivity index (χ1v) is 8.00. The summed E-state index contributed by atoms with van der Waals surface area (Å²) in [5.74, 6) is 0. The first-order chi connectivity index (χ1) is 9.83. The summed E-state index contributed by atoms with van der Waals surface area (Å²) in [5.41, 5.74) is 0.872. The predicted octanol–water partition coefficient (Wildman–Crippen LogP) is 4.59. The van der Waals surface area contributed by atoms with Crippen molar-refractivity contribution >= 4 is 42.8 Å². The molecule has 0 aliphatic carbocycles. The van der Waals surface area contributed by atoms with Crippen LogP contribution >= 0.6 is 22.7 Å². The first-order valence-electron chi connectivity index (χ1n) is 6.30. The maximum atomic E-state index is 10.7. The number of aliphatic hydroxyl groups excluding tert-OH is 1. The summed E-state index contributed by atoms with van der Waals surface area (Å²) >= 11 is 3.36. The average Bonchev–Trinajstić information content (AvgIpc) is 3.07. The van der Waals surface area contributed by atoms with Crippen LogP contribution in [0, 0.1) is 0 Å². The number of thiophene rings is 2. The quantitative estimate of drug-likeness (QED) is 0.587. The Morgan fingerprint density at radius 1 is 1.05 bits per heavy atom. The Kier molecular flexibility index (Phi) is 2.80. The molecule has 20 heavy (non-hydrogen) atoms. The Morgan fingerprint density at radius 3 is 2.85 bits per heavy atom. The minimum atomic E-state index is -0.613. The molecule has 2 nitrogen and oxygen atoms in total. The van der Waals surface area contributed by atoms with E-state index in [1.807, 2.05) is 30.5 Å². The monoisotopic (exact) mass is 297 g/mol. The molecule has 0 fully saturated rings. The van der Waals surface area contributed by atoms with Crippen LogP contribution in [0.3, 0.4) is 0 Å². The van der Waals surface area contributed by atoms with E-state index in [-0.39, 0.29) is 0 Å². The van der Waals surface area contributed by atoms with E-state index < -0.39 is 6.10 Å². The second kappa shape index (κ2) is 4.66. The van der Waals surface area contributed by atoms with Gasteiger partial charge in [0.2, 0.25) is 0 Å². The molecule has 0 bridgehead atoms. The lowest BCUT2D eigenvalue weighted by Crippen LogP contribution is -1.98. The molecule has 0 aliphatic rings. The second-order valence-corrected chi connectivity index (χ2v) is 6.71. The molecule has 3 aromatic heterocycles. The molecule has 4 rings (SSSR count). The van der Waals surface area contributed by atoms with Crippen LogP contribution in [0.15, 0.2) is 54.2 Å². The van der Waals surface area contributed by atoms with Crippen LogP contribution in [-0.2, 0) is 0 Å². The van der Waals surface area contributed by atoms with Gasteiger partial charge in [0, 0.05) is 37.6 Å². The van der Waals surface area contributed by atoms with Gasteiger partial charge in [-0.05, 0) is 22.9 Å². The van der Waals surface area contributed by atoms with Gasteiger partial charge in [-0.1, -0.05) is 24.3 Å². The molecule has 4 heteroatoms. The molecule has 0 saturated heterocycles. The zero-order valence-corrected chi connectivity index (χ0v) is 12.1. The van der Waals surface area contributed by atoms with E-state index in [0.29, 0.717) is 0 Å². The molecule has 98 valence electrons. The fraction of sp³-hybridized carbons (Fsp3) is 0.0625. The van der Waals surface area contributed by atoms with Crippen LogP contribution in [0.5, 0.6) is 0 Å². The Bertz CT molecular complexity index is 860. The number of hydrogen-bond acceptors (Lipinski definition) is 4. The summed E-state index contributed by atoms with van der Waals surface area (Å²) < 4.78 is 2.47. The zero-order valence-electron chi connectivity index (χ0n) is 10.5. The topological polar surface area (TPSA) is 33.1 Å². The standard InChI is InChI=1S/C16H11NOS2/c18-16(15-7-14-13(20-15)5-6-19-14)12-9-17-8-10-3-1-2-4-11(10)12/h1-9,16,18H. The molecule has 4 aromatic rings. The normalized spacial score (nSPS) is 13.1. The van der Waals surface area contributed by atoms with Gasteiger partial charge in [0.15, 0.2) is 0 Å². The number of rotatable bonds is 2. The molecular formula is C16H11NOS2. The number of nitrogens with zero attached hydrogens (tertiary/aromatic N) is 1. The second-order valence-electron chi connectivity index (χ2n) is 4.65. The van der Waals surface area contributed by atoms with Crippen LogP contribution in [0.2, 0.25) is 0 Å². The van der Waals surface area contributed by atoms with Gasteiger partial charge in [-0.2, -0.15) is 0 Å². The highest BCUT2D eigenvalue weighted by molar-refractivity contribution is 7.26. The lowest BCUT2D eigenvalue weighted by Gasteiger charge is -2.11. The molecule has 1 unspecified atom stereocenters. The molecule has 1 N–H and O–H groups in total. The van der Waals surface area contributed by atoms with Gasteiger partial charge in [0.25, 0.3) is 0 Å². The number of aromatic nitrogens is 1. The van der Waals surface area contributed by atoms with Gasteiger partial charge < -0.3 is 5.11 Å². The van der Waals surface area contributed by atoms with Crippen LogP contribution in [0.1, 0.15) is 16.5 Å². The van der Waals surface area contributed by atoms with Gasteiger partial charge in [-0.15, -0.1) is 22.7 Å². The van der Waals surface area contributed by atoms with Crippen molar-refractivity contribution in [1.82, 2.24) is 4.98 Å². The van der Waals surface area contributed by atoms with Crippen molar-refractivity contribution in [3.05, 3.63) is 64.6 Å². The van der Waals surface area contributed by atoms with E-state index in [1.54, 1.807) is 28.9 Å². The third-order valence-electron chi connectivity index (χ3n) is 3.42. The van der Waals surface area contributed by atoms with E-state index in [2.05, 4.69) is 22.5 Å². The van der Waals surface area contributed by atoms with Crippen molar-refractivity contribution in [2.45, 2.75) is 6.10 Å². The zero-order chi connectivity index (χ0) is 13.5. The molecule has 0 amide bonds. The van der Waals surface area contributed by atoms with Crippen molar-refractivity contribution < 1.29 is 5.11 Å². The largest absolute Gasteiger partial charge is 0.383 e. The summed E-state index contributed by atoms with van der Waals surface area (Å²) in [7, 11) is 0. The van der Waals surface area contributed by atoms with E-state index in [1.165, 1.54) is 9.40 Å². The van der Waals surface area contributed by atoms with E-state index in [9.17, 15) is 5.11 Å². The maximum absolute atomic E-state index is 10.7. The average molecular weight is 297 g/mol. The van der Waals surface area contributed by atoms with Crippen LogP contribution in [-0.4, -0.2) is 10.1 Å². The SMILES string of the molecule is OC(c1cc2sccc2s1)c1cncc2ccccc12. The Labute approximate surface area is 124 Å². The predicted molar refractivity (Wildman–Crippen MR) is 85.5 cm³/mol. The molecular weight excluding hydrogens is 286 g/mol. The highest BCUT2D eigenvalue weighted by atomic mass is 32.1. The molecule has 0 saturated carbocycles. The number of fused-ring (bicyclic) bond motifs is 2. The molecule has 0 radical (unpaired) electrons. The molecule has 0 aliphatic heterocycles. The number of aliphatic hydroxyl groups is 1. The summed E-state index contributed by atoms with van der Waals surface area (Å²) in [6, 6.07) is 12.2. The van der Waals surface area contributed by atoms with E-state index >= 15 is 0 Å².